The molecule has 2 atom stereocenters. The monoisotopic (exact) mass is 248 g/mol. The quantitative estimate of drug-likeness (QED) is 0.830. The lowest BCUT2D eigenvalue weighted by molar-refractivity contribution is 0.351. The van der Waals surface area contributed by atoms with Gasteiger partial charge in [-0.2, -0.15) is 0 Å². The Kier molecular flexibility index (Phi) is 5.00. The minimum Gasteiger partial charge on any atom is -0.314 e. The smallest absolute Gasteiger partial charge is 0.250 e. The Balaban J connectivity index is 1.81. The number of hydrogen-bond donors (Lipinski definition) is 1. The average Bonchev–Trinajstić information content (AvgIpc) is 2.57. The zero-order valence-electron chi connectivity index (χ0n) is 11.3. The fraction of sp³-hybridized carbons (Fsp3) is 0.667. The SMILES string of the molecule is CC1CCCCCC1NCCn1ccccc1=O. The minimum atomic E-state index is 0.0909. The van der Waals surface area contributed by atoms with Crippen LogP contribution in [-0.2, 0) is 6.54 Å². The highest BCUT2D eigenvalue weighted by Crippen LogP contribution is 2.22. The van der Waals surface area contributed by atoms with Crippen molar-refractivity contribution >= 4 is 0 Å². The van der Waals surface area contributed by atoms with Crippen molar-refractivity contribution in [2.24, 2.45) is 5.92 Å². The van der Waals surface area contributed by atoms with Crippen molar-refractivity contribution in [3.63, 3.8) is 0 Å². The lowest BCUT2D eigenvalue weighted by Crippen LogP contribution is -2.37. The predicted octanol–water partition coefficient (Wildman–Crippen LogP) is 2.41. The fourth-order valence-electron chi connectivity index (χ4n) is 2.81. The Bertz CT molecular complexity index is 413. The van der Waals surface area contributed by atoms with E-state index in [9.17, 15) is 4.79 Å². The summed E-state index contributed by atoms with van der Waals surface area (Å²) in [5.74, 6) is 0.764. The van der Waals surface area contributed by atoms with E-state index in [-0.39, 0.29) is 5.56 Å². The molecule has 1 N–H and O–H groups in total. The van der Waals surface area contributed by atoms with Gasteiger partial charge in [-0.05, 0) is 24.8 Å². The van der Waals surface area contributed by atoms with Gasteiger partial charge >= 0.3 is 0 Å². The second kappa shape index (κ2) is 6.74. The molecule has 1 aromatic rings. The van der Waals surface area contributed by atoms with Crippen LogP contribution in [0.5, 0.6) is 0 Å². The van der Waals surface area contributed by atoms with Crippen LogP contribution >= 0.6 is 0 Å². The van der Waals surface area contributed by atoms with Gasteiger partial charge in [-0.1, -0.05) is 32.3 Å². The molecular formula is C15H24N2O. The van der Waals surface area contributed by atoms with E-state index in [1.807, 2.05) is 12.3 Å². The number of nitrogens with one attached hydrogen (secondary N) is 1. The molecule has 0 saturated heterocycles. The van der Waals surface area contributed by atoms with Gasteiger partial charge in [-0.3, -0.25) is 4.79 Å². The summed E-state index contributed by atoms with van der Waals surface area (Å²) >= 11 is 0. The third-order valence-electron chi connectivity index (χ3n) is 4.02. The number of pyridine rings is 1. The topological polar surface area (TPSA) is 34.0 Å². The van der Waals surface area contributed by atoms with Crippen molar-refractivity contribution in [1.29, 1.82) is 0 Å². The normalized spacial score (nSPS) is 24.7. The van der Waals surface area contributed by atoms with Crippen LogP contribution in [0.4, 0.5) is 0 Å². The molecule has 18 heavy (non-hydrogen) atoms. The molecule has 0 aromatic carbocycles. The first-order valence-corrected chi connectivity index (χ1v) is 7.16. The van der Waals surface area contributed by atoms with E-state index in [1.54, 1.807) is 16.7 Å². The van der Waals surface area contributed by atoms with Crippen molar-refractivity contribution in [1.82, 2.24) is 9.88 Å². The molecule has 3 nitrogen and oxygen atoms in total. The van der Waals surface area contributed by atoms with Crippen molar-refractivity contribution in [2.45, 2.75) is 51.6 Å². The third kappa shape index (κ3) is 3.70. The maximum absolute atomic E-state index is 11.6. The molecule has 0 radical (unpaired) electrons. The summed E-state index contributed by atoms with van der Waals surface area (Å²) in [5, 5.41) is 3.63. The maximum atomic E-state index is 11.6. The first-order valence-electron chi connectivity index (χ1n) is 7.16. The van der Waals surface area contributed by atoms with E-state index >= 15 is 0 Å². The minimum absolute atomic E-state index is 0.0909. The van der Waals surface area contributed by atoms with Crippen molar-refractivity contribution in [2.75, 3.05) is 6.54 Å². The van der Waals surface area contributed by atoms with Crippen LogP contribution in [-0.4, -0.2) is 17.2 Å². The molecule has 0 aliphatic heterocycles. The standard InChI is InChI=1S/C15H24N2O/c1-13-7-3-2-4-8-14(13)16-10-12-17-11-6-5-9-15(17)18/h5-6,9,11,13-14,16H,2-4,7-8,10,12H2,1H3. The van der Waals surface area contributed by atoms with Gasteiger partial charge in [-0.25, -0.2) is 0 Å². The molecule has 2 rings (SSSR count). The Morgan fingerprint density at radius 3 is 2.94 bits per heavy atom. The zero-order chi connectivity index (χ0) is 12.8. The van der Waals surface area contributed by atoms with Gasteiger partial charge in [0.25, 0.3) is 5.56 Å². The Morgan fingerprint density at radius 1 is 1.28 bits per heavy atom. The summed E-state index contributed by atoms with van der Waals surface area (Å²) in [5.41, 5.74) is 0.0909. The van der Waals surface area contributed by atoms with Gasteiger partial charge in [0, 0.05) is 31.4 Å². The van der Waals surface area contributed by atoms with E-state index in [1.165, 1.54) is 32.1 Å². The Morgan fingerprint density at radius 2 is 2.11 bits per heavy atom. The first-order chi connectivity index (χ1) is 8.77. The van der Waals surface area contributed by atoms with Gasteiger partial charge in [0.1, 0.15) is 0 Å². The molecule has 1 aliphatic carbocycles. The molecule has 1 aromatic heterocycles. The lowest BCUT2D eigenvalue weighted by atomic mass is 9.97. The van der Waals surface area contributed by atoms with Crippen molar-refractivity contribution in [3.8, 4) is 0 Å². The van der Waals surface area contributed by atoms with Crippen LogP contribution in [0, 0.1) is 5.92 Å². The maximum Gasteiger partial charge on any atom is 0.250 e. The van der Waals surface area contributed by atoms with Crippen LogP contribution in [0.15, 0.2) is 29.2 Å². The number of rotatable bonds is 4. The second-order valence-electron chi connectivity index (χ2n) is 5.41. The van der Waals surface area contributed by atoms with E-state index in [4.69, 9.17) is 0 Å². The largest absolute Gasteiger partial charge is 0.314 e. The molecule has 1 saturated carbocycles. The van der Waals surface area contributed by atoms with Gasteiger partial charge in [0.15, 0.2) is 0 Å². The fourth-order valence-corrected chi connectivity index (χ4v) is 2.81. The van der Waals surface area contributed by atoms with Crippen LogP contribution in [0.25, 0.3) is 0 Å². The molecular weight excluding hydrogens is 224 g/mol. The zero-order valence-corrected chi connectivity index (χ0v) is 11.3. The first kappa shape index (κ1) is 13.3. The molecule has 3 heteroatoms. The summed E-state index contributed by atoms with van der Waals surface area (Å²) in [6.45, 7) is 4.00. The summed E-state index contributed by atoms with van der Waals surface area (Å²) in [7, 11) is 0. The molecule has 1 heterocycles. The van der Waals surface area contributed by atoms with E-state index < -0.39 is 0 Å². The summed E-state index contributed by atoms with van der Waals surface area (Å²) in [6, 6.07) is 5.95. The molecule has 0 bridgehead atoms. The number of nitrogens with zero attached hydrogens (tertiary/aromatic N) is 1. The van der Waals surface area contributed by atoms with Gasteiger partial charge in [0.2, 0.25) is 0 Å². The average molecular weight is 248 g/mol. The van der Waals surface area contributed by atoms with Crippen LogP contribution < -0.4 is 10.9 Å². The van der Waals surface area contributed by atoms with Crippen LogP contribution in [0.1, 0.15) is 39.0 Å². The van der Waals surface area contributed by atoms with E-state index in [0.717, 1.165) is 19.0 Å². The van der Waals surface area contributed by atoms with Crippen molar-refractivity contribution < 1.29 is 0 Å². The summed E-state index contributed by atoms with van der Waals surface area (Å²) in [4.78, 5) is 11.6. The molecule has 0 spiro atoms. The van der Waals surface area contributed by atoms with Gasteiger partial charge in [-0.15, -0.1) is 0 Å². The highest BCUT2D eigenvalue weighted by atomic mass is 16.1. The van der Waals surface area contributed by atoms with Crippen molar-refractivity contribution in [3.05, 3.63) is 34.7 Å². The van der Waals surface area contributed by atoms with Gasteiger partial charge in [0.05, 0.1) is 0 Å². The highest BCUT2D eigenvalue weighted by Gasteiger charge is 2.18. The third-order valence-corrected chi connectivity index (χ3v) is 4.02. The van der Waals surface area contributed by atoms with E-state index in [2.05, 4.69) is 12.2 Å². The lowest BCUT2D eigenvalue weighted by Gasteiger charge is -2.23. The predicted molar refractivity (Wildman–Crippen MR) is 74.7 cm³/mol. The summed E-state index contributed by atoms with van der Waals surface area (Å²) in [6.07, 6.45) is 8.57. The highest BCUT2D eigenvalue weighted by molar-refractivity contribution is 4.93. The number of aromatic nitrogens is 1. The molecule has 0 amide bonds. The van der Waals surface area contributed by atoms with Crippen LogP contribution in [0.2, 0.25) is 0 Å². The van der Waals surface area contributed by atoms with Gasteiger partial charge < -0.3 is 9.88 Å². The van der Waals surface area contributed by atoms with E-state index in [0.29, 0.717) is 6.04 Å². The molecule has 2 unspecified atom stereocenters. The second-order valence-corrected chi connectivity index (χ2v) is 5.41. The summed E-state index contributed by atoms with van der Waals surface area (Å²) < 4.78 is 1.77. The molecule has 1 aliphatic rings. The van der Waals surface area contributed by atoms with Crippen LogP contribution in [0.3, 0.4) is 0 Å². The molecule has 1 fully saturated rings. The number of hydrogen-bond acceptors (Lipinski definition) is 2. The Labute approximate surface area is 109 Å². The Hall–Kier alpha value is -1.09. The molecule has 100 valence electrons.